The van der Waals surface area contributed by atoms with E-state index < -0.39 is 5.92 Å². The van der Waals surface area contributed by atoms with E-state index >= 15 is 0 Å². The van der Waals surface area contributed by atoms with Gasteiger partial charge >= 0.3 is 0 Å². The second-order valence-electron chi connectivity index (χ2n) is 8.21. The third-order valence-electron chi connectivity index (χ3n) is 6.21. The van der Waals surface area contributed by atoms with Crippen LogP contribution >= 0.6 is 0 Å². The Bertz CT molecular complexity index is 1100. The standard InChI is InChI=1S/C24H26N6O2/c1-4-28-9-10-29(15-17(28)3)23(31)19-6-8-22(26-13-19)30-24(32)21(14-27-30)20-7-5-18(12-25)11-16(20)2/h5-8,11,13-14,17,21H,4,9-10,15H2,1-3H3. The van der Waals surface area contributed by atoms with Crippen LogP contribution < -0.4 is 5.01 Å². The summed E-state index contributed by atoms with van der Waals surface area (Å²) in [7, 11) is 0. The molecule has 0 bridgehead atoms. The lowest BCUT2D eigenvalue weighted by molar-refractivity contribution is -0.118. The Labute approximate surface area is 187 Å². The molecular weight excluding hydrogens is 404 g/mol. The lowest BCUT2D eigenvalue weighted by Gasteiger charge is -2.39. The number of carbonyl (C=O) groups is 2. The zero-order valence-electron chi connectivity index (χ0n) is 18.5. The van der Waals surface area contributed by atoms with Crippen molar-refractivity contribution in [3.63, 3.8) is 0 Å². The number of likely N-dealkylation sites (N-methyl/N-ethyl adjacent to an activating group) is 1. The summed E-state index contributed by atoms with van der Waals surface area (Å²) in [6.45, 7) is 9.36. The van der Waals surface area contributed by atoms with E-state index in [0.29, 0.717) is 36.1 Å². The van der Waals surface area contributed by atoms with Crippen LogP contribution in [0.25, 0.3) is 0 Å². The van der Waals surface area contributed by atoms with Gasteiger partial charge in [-0.3, -0.25) is 14.5 Å². The number of piperazine rings is 1. The molecule has 0 radical (unpaired) electrons. The molecule has 0 aliphatic carbocycles. The highest BCUT2D eigenvalue weighted by atomic mass is 16.2. The van der Waals surface area contributed by atoms with Crippen LogP contribution in [0.4, 0.5) is 5.82 Å². The molecule has 8 nitrogen and oxygen atoms in total. The molecule has 8 heteroatoms. The first-order valence-corrected chi connectivity index (χ1v) is 10.8. The van der Waals surface area contributed by atoms with Gasteiger partial charge in [-0.2, -0.15) is 15.4 Å². The van der Waals surface area contributed by atoms with Crippen molar-refractivity contribution < 1.29 is 9.59 Å². The van der Waals surface area contributed by atoms with Gasteiger partial charge in [-0.25, -0.2) is 4.98 Å². The van der Waals surface area contributed by atoms with E-state index in [-0.39, 0.29) is 11.8 Å². The molecule has 4 rings (SSSR count). The lowest BCUT2D eigenvalue weighted by Crippen LogP contribution is -2.53. The zero-order chi connectivity index (χ0) is 22.8. The number of amides is 2. The highest BCUT2D eigenvalue weighted by molar-refractivity contribution is 6.12. The van der Waals surface area contributed by atoms with Crippen LogP contribution in [0, 0.1) is 18.3 Å². The number of carbonyl (C=O) groups excluding carboxylic acids is 2. The first-order chi connectivity index (χ1) is 15.4. The summed E-state index contributed by atoms with van der Waals surface area (Å²) in [5.41, 5.74) is 2.73. The second kappa shape index (κ2) is 8.89. The predicted octanol–water partition coefficient (Wildman–Crippen LogP) is 2.54. The summed E-state index contributed by atoms with van der Waals surface area (Å²) in [5.74, 6) is -0.411. The van der Waals surface area contributed by atoms with Gasteiger partial charge < -0.3 is 4.90 Å². The summed E-state index contributed by atoms with van der Waals surface area (Å²) in [5, 5.41) is 14.6. The highest BCUT2D eigenvalue weighted by Gasteiger charge is 2.33. The quantitative estimate of drug-likeness (QED) is 0.743. The Morgan fingerprint density at radius 2 is 2.06 bits per heavy atom. The van der Waals surface area contributed by atoms with Gasteiger partial charge in [0.25, 0.3) is 11.8 Å². The Balaban J connectivity index is 1.46. The molecule has 0 saturated carbocycles. The van der Waals surface area contributed by atoms with Gasteiger partial charge in [-0.1, -0.05) is 13.0 Å². The fraction of sp³-hybridized carbons (Fsp3) is 0.375. The molecule has 0 spiro atoms. The van der Waals surface area contributed by atoms with Crippen molar-refractivity contribution in [2.75, 3.05) is 31.2 Å². The van der Waals surface area contributed by atoms with Crippen molar-refractivity contribution >= 4 is 23.8 Å². The smallest absolute Gasteiger partial charge is 0.261 e. The van der Waals surface area contributed by atoms with Crippen molar-refractivity contribution in [3.05, 3.63) is 58.8 Å². The van der Waals surface area contributed by atoms with Crippen LogP contribution in [0.3, 0.4) is 0 Å². The minimum Gasteiger partial charge on any atom is -0.336 e. The van der Waals surface area contributed by atoms with Gasteiger partial charge in [0.2, 0.25) is 0 Å². The fourth-order valence-electron chi connectivity index (χ4n) is 4.34. The van der Waals surface area contributed by atoms with E-state index in [2.05, 4.69) is 34.9 Å². The van der Waals surface area contributed by atoms with E-state index in [9.17, 15) is 9.59 Å². The molecule has 164 valence electrons. The number of pyridine rings is 1. The summed E-state index contributed by atoms with van der Waals surface area (Å²) < 4.78 is 0. The number of hydrogen-bond acceptors (Lipinski definition) is 6. The van der Waals surface area contributed by atoms with Crippen molar-refractivity contribution in [2.45, 2.75) is 32.7 Å². The molecule has 1 fully saturated rings. The molecule has 2 aliphatic heterocycles. The third kappa shape index (κ3) is 3.99. The molecule has 2 aromatic rings. The van der Waals surface area contributed by atoms with Gasteiger partial charge in [0, 0.05) is 38.1 Å². The maximum atomic E-state index is 13.0. The maximum Gasteiger partial charge on any atom is 0.261 e. The van der Waals surface area contributed by atoms with Crippen LogP contribution in [0.5, 0.6) is 0 Å². The second-order valence-corrected chi connectivity index (χ2v) is 8.21. The summed E-state index contributed by atoms with van der Waals surface area (Å²) in [6.07, 6.45) is 3.10. The minimum absolute atomic E-state index is 0.0472. The number of aromatic nitrogens is 1. The molecule has 1 aromatic carbocycles. The van der Waals surface area contributed by atoms with Crippen molar-refractivity contribution in [2.24, 2.45) is 5.10 Å². The molecule has 1 saturated heterocycles. The largest absolute Gasteiger partial charge is 0.336 e. The number of aryl methyl sites for hydroxylation is 1. The number of nitrogens with zero attached hydrogens (tertiary/aromatic N) is 6. The number of hydrazone groups is 1. The Hall–Kier alpha value is -3.57. The Morgan fingerprint density at radius 1 is 1.25 bits per heavy atom. The molecule has 2 atom stereocenters. The van der Waals surface area contributed by atoms with E-state index in [1.165, 1.54) is 11.2 Å². The number of benzene rings is 1. The molecule has 32 heavy (non-hydrogen) atoms. The van der Waals surface area contributed by atoms with Crippen molar-refractivity contribution in [1.29, 1.82) is 5.26 Å². The average molecular weight is 431 g/mol. The van der Waals surface area contributed by atoms with Crippen LogP contribution in [-0.2, 0) is 4.79 Å². The van der Waals surface area contributed by atoms with Gasteiger partial charge in [0.15, 0.2) is 5.82 Å². The highest BCUT2D eigenvalue weighted by Crippen LogP contribution is 2.28. The minimum atomic E-state index is -0.526. The van der Waals surface area contributed by atoms with Gasteiger partial charge in [0.05, 0.1) is 17.2 Å². The average Bonchev–Trinajstić information content (AvgIpc) is 3.19. The van der Waals surface area contributed by atoms with E-state index in [1.54, 1.807) is 36.5 Å². The summed E-state index contributed by atoms with van der Waals surface area (Å²) in [4.78, 5) is 34.4. The van der Waals surface area contributed by atoms with Crippen molar-refractivity contribution in [1.82, 2.24) is 14.8 Å². The van der Waals surface area contributed by atoms with Crippen molar-refractivity contribution in [3.8, 4) is 6.07 Å². The van der Waals surface area contributed by atoms with Crippen LogP contribution in [0.1, 0.15) is 46.8 Å². The number of hydrogen-bond donors (Lipinski definition) is 0. The number of nitriles is 1. The summed E-state index contributed by atoms with van der Waals surface area (Å²) >= 11 is 0. The van der Waals surface area contributed by atoms with E-state index in [4.69, 9.17) is 5.26 Å². The molecule has 1 aromatic heterocycles. The monoisotopic (exact) mass is 430 g/mol. The fourth-order valence-corrected chi connectivity index (χ4v) is 4.34. The number of rotatable bonds is 4. The molecule has 0 N–H and O–H groups in total. The normalized spacial score (nSPS) is 21.1. The molecule has 3 heterocycles. The molecule has 2 aliphatic rings. The van der Waals surface area contributed by atoms with E-state index in [1.807, 2.05) is 11.8 Å². The van der Waals surface area contributed by atoms with Gasteiger partial charge in [-0.15, -0.1) is 0 Å². The Morgan fingerprint density at radius 3 is 2.69 bits per heavy atom. The van der Waals surface area contributed by atoms with E-state index in [0.717, 1.165) is 24.2 Å². The topological polar surface area (TPSA) is 92.9 Å². The predicted molar refractivity (Wildman–Crippen MR) is 121 cm³/mol. The van der Waals surface area contributed by atoms with Gasteiger partial charge in [0.1, 0.15) is 5.92 Å². The molecule has 2 amide bonds. The SMILES string of the molecule is CCN1CCN(C(=O)c2ccc(N3N=CC(c4ccc(C#N)cc4C)C3=O)nc2)CC1C. The molecular formula is C24H26N6O2. The van der Waals surface area contributed by atoms with Crippen LogP contribution in [0.15, 0.2) is 41.6 Å². The first kappa shape index (κ1) is 21.7. The third-order valence-corrected chi connectivity index (χ3v) is 6.21. The van der Waals surface area contributed by atoms with Crippen LogP contribution in [-0.4, -0.2) is 65.0 Å². The number of anilines is 1. The first-order valence-electron chi connectivity index (χ1n) is 10.8. The lowest BCUT2D eigenvalue weighted by atomic mass is 9.94. The maximum absolute atomic E-state index is 13.0. The zero-order valence-corrected chi connectivity index (χ0v) is 18.5. The molecule has 2 unspecified atom stereocenters. The van der Waals surface area contributed by atoms with Crippen LogP contribution in [0.2, 0.25) is 0 Å². The summed E-state index contributed by atoms with van der Waals surface area (Å²) in [6, 6.07) is 11.0. The Kier molecular flexibility index (Phi) is 6.01. The van der Waals surface area contributed by atoms with Gasteiger partial charge in [-0.05, 0) is 55.8 Å².